The van der Waals surface area contributed by atoms with Crippen LogP contribution in [0.1, 0.15) is 30.6 Å². The van der Waals surface area contributed by atoms with Gasteiger partial charge in [0, 0.05) is 0 Å². The molecular weight excluding hydrogens is 228 g/mol. The molecule has 1 N–H and O–H groups in total. The summed E-state index contributed by atoms with van der Waals surface area (Å²) in [5.74, 6) is -0.513. The van der Waals surface area contributed by atoms with Crippen LogP contribution < -0.4 is 0 Å². The van der Waals surface area contributed by atoms with E-state index in [0.29, 0.717) is 5.39 Å². The van der Waals surface area contributed by atoms with Crippen LogP contribution >= 0.6 is 0 Å². The fourth-order valence-electron chi connectivity index (χ4n) is 1.80. The molecule has 0 spiro atoms. The number of phenolic OH excluding ortho intramolecular Hbond substituents is 1. The summed E-state index contributed by atoms with van der Waals surface area (Å²) < 4.78 is 5.28. The summed E-state index contributed by atoms with van der Waals surface area (Å²) in [4.78, 5) is 12.1. The molecular formula is C15H16O3. The summed E-state index contributed by atoms with van der Waals surface area (Å²) in [5, 5.41) is 11.5. The van der Waals surface area contributed by atoms with Gasteiger partial charge in [0.25, 0.3) is 0 Å². The van der Waals surface area contributed by atoms with Gasteiger partial charge in [-0.25, -0.2) is 4.79 Å². The Labute approximate surface area is 106 Å². The van der Waals surface area contributed by atoms with E-state index < -0.39 is 5.97 Å². The van der Waals surface area contributed by atoms with E-state index in [1.807, 2.05) is 38.1 Å². The molecule has 0 fully saturated rings. The van der Waals surface area contributed by atoms with Gasteiger partial charge in [-0.05, 0) is 30.2 Å². The van der Waals surface area contributed by atoms with Gasteiger partial charge in [-0.2, -0.15) is 0 Å². The Bertz CT molecular complexity index is 575. The number of aromatic hydroxyl groups is 1. The Kier molecular flexibility index (Phi) is 3.51. The standard InChI is InChI=1S/C15H16O3/c1-3-10(2)18-15(17)14-12-7-5-4-6-11(12)8-9-13(14)16/h4-10,16H,3H2,1-2H3. The molecule has 3 heteroatoms. The van der Waals surface area contributed by atoms with Gasteiger partial charge in [-0.15, -0.1) is 0 Å². The molecule has 0 saturated carbocycles. The molecule has 0 bridgehead atoms. The molecule has 2 aromatic rings. The summed E-state index contributed by atoms with van der Waals surface area (Å²) in [7, 11) is 0. The van der Waals surface area contributed by atoms with Crippen molar-refractivity contribution in [3.05, 3.63) is 42.0 Å². The molecule has 0 aliphatic carbocycles. The van der Waals surface area contributed by atoms with Crippen molar-refractivity contribution >= 4 is 16.7 Å². The highest BCUT2D eigenvalue weighted by Crippen LogP contribution is 2.28. The van der Waals surface area contributed by atoms with Crippen LogP contribution in [0.3, 0.4) is 0 Å². The summed E-state index contributed by atoms with van der Waals surface area (Å²) >= 11 is 0. The first-order chi connectivity index (χ1) is 8.63. The number of carbonyl (C=O) groups excluding carboxylic acids is 1. The molecule has 0 aromatic heterocycles. The first-order valence-corrected chi connectivity index (χ1v) is 6.05. The SMILES string of the molecule is CCC(C)OC(=O)c1c(O)ccc2ccccc12. The van der Waals surface area contributed by atoms with Gasteiger partial charge in [0.2, 0.25) is 0 Å². The number of benzene rings is 2. The van der Waals surface area contributed by atoms with Crippen LogP contribution in [0.4, 0.5) is 0 Å². The molecule has 2 rings (SSSR count). The molecule has 94 valence electrons. The molecule has 1 atom stereocenters. The molecule has 0 saturated heterocycles. The maximum Gasteiger partial charge on any atom is 0.342 e. The number of rotatable bonds is 3. The van der Waals surface area contributed by atoms with Crippen LogP contribution in [0.25, 0.3) is 10.8 Å². The zero-order valence-corrected chi connectivity index (χ0v) is 10.5. The second-order valence-electron chi connectivity index (χ2n) is 4.30. The van der Waals surface area contributed by atoms with Gasteiger partial charge in [-0.3, -0.25) is 0 Å². The Hall–Kier alpha value is -2.03. The predicted molar refractivity (Wildman–Crippen MR) is 70.8 cm³/mol. The molecule has 3 nitrogen and oxygen atoms in total. The van der Waals surface area contributed by atoms with Crippen LogP contribution in [0, 0.1) is 0 Å². The lowest BCUT2D eigenvalue weighted by Crippen LogP contribution is -2.14. The number of esters is 1. The van der Waals surface area contributed by atoms with Crippen LogP contribution in [-0.2, 0) is 4.74 Å². The van der Waals surface area contributed by atoms with Gasteiger partial charge >= 0.3 is 5.97 Å². The van der Waals surface area contributed by atoms with Crippen LogP contribution in [-0.4, -0.2) is 17.2 Å². The fourth-order valence-corrected chi connectivity index (χ4v) is 1.80. The lowest BCUT2D eigenvalue weighted by Gasteiger charge is -2.13. The van der Waals surface area contributed by atoms with Gasteiger partial charge in [0.15, 0.2) is 0 Å². The predicted octanol–water partition coefficient (Wildman–Crippen LogP) is 3.50. The summed E-state index contributed by atoms with van der Waals surface area (Å²) in [6, 6.07) is 10.7. The molecule has 0 radical (unpaired) electrons. The van der Waals surface area contributed by atoms with E-state index in [0.717, 1.165) is 11.8 Å². The zero-order chi connectivity index (χ0) is 13.1. The minimum Gasteiger partial charge on any atom is -0.507 e. The first-order valence-electron chi connectivity index (χ1n) is 6.05. The molecule has 2 aromatic carbocycles. The van der Waals surface area contributed by atoms with Crippen molar-refractivity contribution in [2.24, 2.45) is 0 Å². The Morgan fingerprint density at radius 3 is 2.72 bits per heavy atom. The Balaban J connectivity index is 2.49. The Morgan fingerprint density at radius 1 is 1.28 bits per heavy atom. The summed E-state index contributed by atoms with van der Waals surface area (Å²) in [5.41, 5.74) is 0.244. The molecule has 0 heterocycles. The highest BCUT2D eigenvalue weighted by atomic mass is 16.5. The number of carbonyl (C=O) groups is 1. The normalized spacial score (nSPS) is 12.3. The molecule has 0 aliphatic heterocycles. The largest absolute Gasteiger partial charge is 0.507 e. The van der Waals surface area contributed by atoms with Crippen molar-refractivity contribution in [1.82, 2.24) is 0 Å². The van der Waals surface area contributed by atoms with Crippen molar-refractivity contribution < 1.29 is 14.6 Å². The fraction of sp³-hybridized carbons (Fsp3) is 0.267. The van der Waals surface area contributed by atoms with Crippen molar-refractivity contribution in [3.63, 3.8) is 0 Å². The van der Waals surface area contributed by atoms with Gasteiger partial charge in [0.1, 0.15) is 11.3 Å². The van der Waals surface area contributed by atoms with E-state index in [1.54, 1.807) is 6.07 Å². The lowest BCUT2D eigenvalue weighted by molar-refractivity contribution is 0.0334. The topological polar surface area (TPSA) is 46.5 Å². The van der Waals surface area contributed by atoms with Crippen molar-refractivity contribution in [2.75, 3.05) is 0 Å². The third-order valence-corrected chi connectivity index (χ3v) is 2.99. The second-order valence-corrected chi connectivity index (χ2v) is 4.30. The van der Waals surface area contributed by atoms with Crippen molar-refractivity contribution in [1.29, 1.82) is 0 Å². The van der Waals surface area contributed by atoms with Crippen LogP contribution in [0.5, 0.6) is 5.75 Å². The number of hydrogen-bond donors (Lipinski definition) is 1. The smallest absolute Gasteiger partial charge is 0.342 e. The quantitative estimate of drug-likeness (QED) is 0.840. The van der Waals surface area contributed by atoms with E-state index >= 15 is 0 Å². The minimum atomic E-state index is -0.473. The first kappa shape index (κ1) is 12.4. The minimum absolute atomic E-state index is 0.0398. The lowest BCUT2D eigenvalue weighted by atomic mass is 10.0. The van der Waals surface area contributed by atoms with Crippen LogP contribution in [0.2, 0.25) is 0 Å². The van der Waals surface area contributed by atoms with E-state index in [-0.39, 0.29) is 17.4 Å². The van der Waals surface area contributed by atoms with Gasteiger partial charge in [0.05, 0.1) is 6.10 Å². The molecule has 1 unspecified atom stereocenters. The number of ether oxygens (including phenoxy) is 1. The number of fused-ring (bicyclic) bond motifs is 1. The van der Waals surface area contributed by atoms with E-state index in [2.05, 4.69) is 0 Å². The monoisotopic (exact) mass is 244 g/mol. The van der Waals surface area contributed by atoms with Crippen molar-refractivity contribution in [3.8, 4) is 5.75 Å². The average molecular weight is 244 g/mol. The third kappa shape index (κ3) is 2.30. The Morgan fingerprint density at radius 2 is 2.00 bits per heavy atom. The number of phenols is 1. The van der Waals surface area contributed by atoms with E-state index in [4.69, 9.17) is 4.74 Å². The molecule has 0 amide bonds. The number of hydrogen-bond acceptors (Lipinski definition) is 3. The molecule has 0 aliphatic rings. The second kappa shape index (κ2) is 5.08. The summed E-state index contributed by atoms with van der Waals surface area (Å²) in [6.07, 6.45) is 0.591. The average Bonchev–Trinajstić information content (AvgIpc) is 2.38. The highest BCUT2D eigenvalue weighted by Gasteiger charge is 2.18. The van der Waals surface area contributed by atoms with Crippen molar-refractivity contribution in [2.45, 2.75) is 26.4 Å². The molecule has 18 heavy (non-hydrogen) atoms. The van der Waals surface area contributed by atoms with Gasteiger partial charge < -0.3 is 9.84 Å². The van der Waals surface area contributed by atoms with Gasteiger partial charge in [-0.1, -0.05) is 37.3 Å². The maximum absolute atomic E-state index is 12.1. The van der Waals surface area contributed by atoms with E-state index in [1.165, 1.54) is 6.07 Å². The highest BCUT2D eigenvalue weighted by molar-refractivity contribution is 6.07. The third-order valence-electron chi connectivity index (χ3n) is 2.99. The summed E-state index contributed by atoms with van der Waals surface area (Å²) in [6.45, 7) is 3.78. The zero-order valence-electron chi connectivity index (χ0n) is 10.5. The maximum atomic E-state index is 12.1. The van der Waals surface area contributed by atoms with Crippen LogP contribution in [0.15, 0.2) is 36.4 Å². The van der Waals surface area contributed by atoms with E-state index in [9.17, 15) is 9.90 Å².